The molecule has 2 atom stereocenters. The number of alkyl halides is 3. The van der Waals surface area contributed by atoms with Gasteiger partial charge in [0, 0.05) is 16.4 Å². The second kappa shape index (κ2) is 14.1. The van der Waals surface area contributed by atoms with Crippen LogP contribution in [-0.2, 0) is 4.74 Å². The molecule has 4 N–H and O–H groups in total. The van der Waals surface area contributed by atoms with E-state index in [1.54, 1.807) is 24.8 Å². The summed E-state index contributed by atoms with van der Waals surface area (Å²) in [5, 5.41) is 0. The van der Waals surface area contributed by atoms with Gasteiger partial charge in [0.05, 0.1) is 24.6 Å². The van der Waals surface area contributed by atoms with E-state index in [2.05, 4.69) is 4.74 Å². The summed E-state index contributed by atoms with van der Waals surface area (Å²) in [6, 6.07) is 7.72. The molecule has 2 aromatic carbocycles. The van der Waals surface area contributed by atoms with Gasteiger partial charge in [0.15, 0.2) is 11.6 Å². The number of hydrogen-bond acceptors (Lipinski definition) is 5. The van der Waals surface area contributed by atoms with Crippen molar-refractivity contribution in [2.45, 2.75) is 57.4 Å². The molecule has 0 spiro atoms. The summed E-state index contributed by atoms with van der Waals surface area (Å²) < 4.78 is 72.2. The fraction of sp³-hybridized carbons (Fsp3) is 0.455. The minimum Gasteiger partial charge on any atom is -0.493 e. The fourth-order valence-electron chi connectivity index (χ4n) is 2.88. The van der Waals surface area contributed by atoms with Crippen LogP contribution >= 0.6 is 11.8 Å². The van der Waals surface area contributed by atoms with Crippen LogP contribution in [-0.4, -0.2) is 25.8 Å². The molecule has 4 nitrogen and oxygen atoms in total. The average Bonchev–Trinajstić information content (AvgIpc) is 2.74. The third-order valence-corrected chi connectivity index (χ3v) is 5.13. The Bertz CT molecular complexity index is 835. The molecule has 0 aromatic heterocycles. The van der Waals surface area contributed by atoms with Gasteiger partial charge in [-0.25, -0.2) is 4.39 Å². The molecule has 32 heavy (non-hydrogen) atoms. The molecule has 2 aromatic rings. The van der Waals surface area contributed by atoms with E-state index in [4.69, 9.17) is 16.2 Å². The van der Waals surface area contributed by atoms with Gasteiger partial charge in [0.2, 0.25) is 5.82 Å². The van der Waals surface area contributed by atoms with Crippen LogP contribution in [0.2, 0.25) is 0 Å². The molecular weight excluding hydrogens is 451 g/mol. The topological polar surface area (TPSA) is 70.5 Å². The summed E-state index contributed by atoms with van der Waals surface area (Å²) in [6.45, 7) is 6.85. The van der Waals surface area contributed by atoms with Crippen LogP contribution in [0, 0.1) is 11.6 Å². The Balaban J connectivity index is 0.000000668. The molecule has 0 saturated carbocycles. The van der Waals surface area contributed by atoms with Crippen molar-refractivity contribution in [1.29, 1.82) is 0 Å². The number of methoxy groups -OCH3 is 1. The second-order valence-electron chi connectivity index (χ2n) is 6.23. The van der Waals surface area contributed by atoms with Gasteiger partial charge in [-0.2, -0.15) is 4.39 Å². The monoisotopic (exact) mass is 482 g/mol. The van der Waals surface area contributed by atoms with Crippen molar-refractivity contribution in [3.05, 3.63) is 47.5 Å². The number of ether oxygens (including phenoxy) is 2. The number of benzene rings is 2. The lowest BCUT2D eigenvalue weighted by atomic mass is 9.90. The largest absolute Gasteiger partial charge is 0.522 e. The Kier molecular flexibility index (Phi) is 13.1. The number of hydrogen-bond donors (Lipinski definition) is 2. The zero-order valence-electron chi connectivity index (χ0n) is 19.0. The first-order valence-electron chi connectivity index (χ1n) is 9.91. The van der Waals surface area contributed by atoms with Crippen LogP contribution in [0.3, 0.4) is 0 Å². The summed E-state index contributed by atoms with van der Waals surface area (Å²) in [5.74, 6) is -3.51. The fourth-order valence-corrected chi connectivity index (χ4v) is 3.44. The quantitative estimate of drug-likeness (QED) is 0.264. The van der Waals surface area contributed by atoms with Gasteiger partial charge in [0.25, 0.3) is 0 Å². The molecule has 0 amide bonds. The first kappa shape index (κ1) is 29.8. The molecule has 0 fully saturated rings. The summed E-state index contributed by atoms with van der Waals surface area (Å²) >= 11 is 1.60. The van der Waals surface area contributed by atoms with E-state index < -0.39 is 35.8 Å². The zero-order chi connectivity index (χ0) is 25.1. The summed E-state index contributed by atoms with van der Waals surface area (Å²) in [6.07, 6.45) is -3.82. The van der Waals surface area contributed by atoms with E-state index in [0.29, 0.717) is 11.4 Å². The lowest BCUT2D eigenvalue weighted by Crippen LogP contribution is -2.27. The van der Waals surface area contributed by atoms with E-state index in [1.807, 2.05) is 32.2 Å². The highest BCUT2D eigenvalue weighted by atomic mass is 32.2. The predicted octanol–water partition coefficient (Wildman–Crippen LogP) is 6.99. The van der Waals surface area contributed by atoms with E-state index in [0.717, 1.165) is 18.1 Å². The Hall–Kier alpha value is -2.20. The lowest BCUT2D eigenvalue weighted by Gasteiger charge is -2.26. The molecule has 0 aliphatic carbocycles. The molecule has 182 valence electrons. The minimum atomic E-state index is -4.79. The van der Waals surface area contributed by atoms with E-state index in [-0.39, 0.29) is 12.0 Å². The van der Waals surface area contributed by atoms with Crippen molar-refractivity contribution >= 4 is 23.1 Å². The first-order chi connectivity index (χ1) is 15.0. The molecule has 0 radical (unpaired) electrons. The third-order valence-electron chi connectivity index (χ3n) is 4.33. The Morgan fingerprint density at radius 2 is 1.66 bits per heavy atom. The Morgan fingerprint density at radius 3 is 2.09 bits per heavy atom. The predicted molar refractivity (Wildman–Crippen MR) is 121 cm³/mol. The molecular formula is C22H31F5N2O2S. The van der Waals surface area contributed by atoms with Crippen molar-refractivity contribution in [3.8, 4) is 5.75 Å². The molecule has 0 heterocycles. The molecule has 1 unspecified atom stereocenters. The highest BCUT2D eigenvalue weighted by Crippen LogP contribution is 2.37. The normalized spacial score (nSPS) is 12.6. The van der Waals surface area contributed by atoms with Crippen molar-refractivity contribution in [2.75, 3.05) is 24.8 Å². The maximum Gasteiger partial charge on any atom is 0.522 e. The standard InChI is InChI=1S/C13H15F5O2.C7H10N2S.C2H6/c1-4-8(7(2)20-13(16,17)18)9-5-6-10(14)11(15)12(9)19-3;1-10-6-4-2-3-5(8)7(6)9;1-2/h5-8H,4H2,1-3H3;2-4H,8-9H2,1H3;1-2H3/t7-,8?;;/m0../s1. The van der Waals surface area contributed by atoms with E-state index in [1.165, 1.54) is 13.0 Å². The molecule has 0 bridgehead atoms. The minimum absolute atomic E-state index is 0.144. The molecule has 0 saturated heterocycles. The van der Waals surface area contributed by atoms with Gasteiger partial charge in [-0.05, 0) is 37.8 Å². The lowest BCUT2D eigenvalue weighted by molar-refractivity contribution is -0.342. The molecule has 0 aliphatic heterocycles. The van der Waals surface area contributed by atoms with E-state index in [9.17, 15) is 22.0 Å². The van der Waals surface area contributed by atoms with Crippen LogP contribution in [0.5, 0.6) is 5.75 Å². The third kappa shape index (κ3) is 8.74. The number of anilines is 2. The Morgan fingerprint density at radius 1 is 1.06 bits per heavy atom. The molecule has 0 aliphatic rings. The molecule has 2 rings (SSSR count). The number of nitrogen functional groups attached to an aromatic ring is 2. The average molecular weight is 483 g/mol. The highest BCUT2D eigenvalue weighted by molar-refractivity contribution is 7.98. The number of nitrogens with two attached hydrogens (primary N) is 2. The van der Waals surface area contributed by atoms with Crippen LogP contribution < -0.4 is 16.2 Å². The van der Waals surface area contributed by atoms with Crippen molar-refractivity contribution in [2.24, 2.45) is 0 Å². The van der Waals surface area contributed by atoms with Gasteiger partial charge in [-0.15, -0.1) is 24.9 Å². The SMILES string of the molecule is CC.CCC(c1ccc(F)c(F)c1OC)[C@H](C)OC(F)(F)F.CSc1cccc(N)c1N. The van der Waals surface area contributed by atoms with Crippen molar-refractivity contribution in [3.63, 3.8) is 0 Å². The van der Waals surface area contributed by atoms with Crippen molar-refractivity contribution < 1.29 is 31.4 Å². The highest BCUT2D eigenvalue weighted by Gasteiger charge is 2.36. The van der Waals surface area contributed by atoms with Gasteiger partial charge in [-0.3, -0.25) is 4.74 Å². The smallest absolute Gasteiger partial charge is 0.493 e. The number of para-hydroxylation sites is 1. The zero-order valence-corrected chi connectivity index (χ0v) is 19.8. The van der Waals surface area contributed by atoms with Gasteiger partial charge in [0.1, 0.15) is 0 Å². The summed E-state index contributed by atoms with van der Waals surface area (Å²) in [7, 11) is 1.13. The van der Waals surface area contributed by atoms with Gasteiger partial charge in [-0.1, -0.05) is 32.9 Å². The Labute approximate surface area is 190 Å². The van der Waals surface area contributed by atoms with Gasteiger partial charge < -0.3 is 16.2 Å². The van der Waals surface area contributed by atoms with Crippen LogP contribution in [0.4, 0.5) is 33.3 Å². The van der Waals surface area contributed by atoms with E-state index >= 15 is 0 Å². The van der Waals surface area contributed by atoms with Crippen LogP contribution in [0.25, 0.3) is 0 Å². The summed E-state index contributed by atoms with van der Waals surface area (Å²) in [4.78, 5) is 1.04. The van der Waals surface area contributed by atoms with Gasteiger partial charge >= 0.3 is 6.36 Å². The van der Waals surface area contributed by atoms with Crippen LogP contribution in [0.1, 0.15) is 45.6 Å². The number of halogens is 5. The number of rotatable bonds is 6. The second-order valence-corrected chi connectivity index (χ2v) is 7.08. The molecule has 10 heteroatoms. The van der Waals surface area contributed by atoms with Crippen molar-refractivity contribution in [1.82, 2.24) is 0 Å². The first-order valence-corrected chi connectivity index (χ1v) is 11.1. The maximum atomic E-state index is 13.6. The maximum absolute atomic E-state index is 13.6. The summed E-state index contributed by atoms with van der Waals surface area (Å²) in [5.41, 5.74) is 12.7. The van der Waals surface area contributed by atoms with Crippen LogP contribution in [0.15, 0.2) is 35.2 Å². The number of thioether (sulfide) groups is 1.